The summed E-state index contributed by atoms with van der Waals surface area (Å²) in [5, 5.41) is 18.8. The maximum Gasteiger partial charge on any atom is 0.311 e. The normalized spacial score (nSPS) is 15.0. The molecule has 0 radical (unpaired) electrons. The highest BCUT2D eigenvalue weighted by Gasteiger charge is 2.26. The van der Waals surface area contributed by atoms with E-state index in [1.165, 1.54) is 64.7 Å². The van der Waals surface area contributed by atoms with Gasteiger partial charge in [0.1, 0.15) is 6.10 Å². The molecule has 0 fully saturated rings. The summed E-state index contributed by atoms with van der Waals surface area (Å²) >= 11 is 0. The molecule has 4 heteroatoms. The van der Waals surface area contributed by atoms with Crippen molar-refractivity contribution in [3.05, 3.63) is 12.2 Å². The Morgan fingerprint density at radius 2 is 1.28 bits per heavy atom. The topological polar surface area (TPSA) is 66.8 Å². The van der Waals surface area contributed by atoms with Crippen molar-refractivity contribution in [3.63, 3.8) is 0 Å². The zero-order valence-corrected chi connectivity index (χ0v) is 19.6. The van der Waals surface area contributed by atoms with E-state index in [-0.39, 0.29) is 11.8 Å². The fourth-order valence-corrected chi connectivity index (χ4v) is 3.46. The van der Waals surface area contributed by atoms with Crippen molar-refractivity contribution >= 4 is 5.97 Å². The van der Waals surface area contributed by atoms with Crippen molar-refractivity contribution in [1.29, 1.82) is 0 Å². The summed E-state index contributed by atoms with van der Waals surface area (Å²) in [6.45, 7) is 7.66. The van der Waals surface area contributed by atoms with Gasteiger partial charge in [-0.3, -0.25) is 4.79 Å². The molecule has 3 atom stereocenters. The van der Waals surface area contributed by atoms with Crippen molar-refractivity contribution in [2.45, 2.75) is 130 Å². The number of aliphatic hydroxyl groups is 2. The molecule has 0 aliphatic heterocycles. The van der Waals surface area contributed by atoms with Gasteiger partial charge in [-0.15, -0.1) is 0 Å². The van der Waals surface area contributed by atoms with Crippen LogP contribution in [-0.4, -0.2) is 28.6 Å². The Kier molecular flexibility index (Phi) is 18.5. The van der Waals surface area contributed by atoms with Crippen LogP contribution in [-0.2, 0) is 9.53 Å². The molecule has 0 aromatic rings. The van der Waals surface area contributed by atoms with Gasteiger partial charge in [0.2, 0.25) is 6.29 Å². The number of rotatable bonds is 19. The van der Waals surface area contributed by atoms with Crippen LogP contribution >= 0.6 is 0 Å². The highest BCUT2D eigenvalue weighted by molar-refractivity contribution is 5.72. The van der Waals surface area contributed by atoms with Gasteiger partial charge >= 0.3 is 5.97 Å². The van der Waals surface area contributed by atoms with Crippen LogP contribution in [0.25, 0.3) is 0 Å². The first kappa shape index (κ1) is 28.1. The average molecular weight is 413 g/mol. The summed E-state index contributed by atoms with van der Waals surface area (Å²) in [6.07, 6.45) is 19.4. The summed E-state index contributed by atoms with van der Waals surface area (Å²) in [4.78, 5) is 12.2. The molecule has 0 saturated heterocycles. The third-order valence-corrected chi connectivity index (χ3v) is 5.53. The summed E-state index contributed by atoms with van der Waals surface area (Å²) in [7, 11) is 0. The number of hydrogen-bond donors (Lipinski definition) is 2. The van der Waals surface area contributed by atoms with Gasteiger partial charge in [-0.2, -0.15) is 0 Å². The number of unbranched alkanes of at least 4 members (excludes halogenated alkanes) is 11. The second kappa shape index (κ2) is 19.1. The molecule has 4 nitrogen and oxygen atoms in total. The van der Waals surface area contributed by atoms with E-state index in [0.717, 1.165) is 32.1 Å². The van der Waals surface area contributed by atoms with E-state index >= 15 is 0 Å². The summed E-state index contributed by atoms with van der Waals surface area (Å²) < 4.78 is 4.97. The number of allylic oxidation sites excluding steroid dienone is 2. The predicted molar refractivity (Wildman–Crippen MR) is 122 cm³/mol. The van der Waals surface area contributed by atoms with Gasteiger partial charge in [0.25, 0.3) is 0 Å². The summed E-state index contributed by atoms with van der Waals surface area (Å²) in [6, 6.07) is 0. The molecule has 0 aliphatic rings. The number of carbonyl (C=O) groups excluding carboxylic acids is 1. The molecule has 0 spiro atoms. The molecule has 29 heavy (non-hydrogen) atoms. The molecule has 3 unspecified atom stereocenters. The van der Waals surface area contributed by atoms with Crippen LogP contribution in [0.1, 0.15) is 118 Å². The molecule has 0 amide bonds. The number of hydrogen-bond acceptors (Lipinski definition) is 4. The molecule has 0 aliphatic carbocycles. The molecule has 0 rings (SSSR count). The number of esters is 1. The molecule has 0 saturated carbocycles. The van der Waals surface area contributed by atoms with Crippen LogP contribution in [0, 0.1) is 11.8 Å². The minimum Gasteiger partial charge on any atom is -0.433 e. The second-order valence-corrected chi connectivity index (χ2v) is 8.79. The largest absolute Gasteiger partial charge is 0.433 e. The monoisotopic (exact) mass is 412 g/mol. The molecule has 2 N–H and O–H groups in total. The lowest BCUT2D eigenvalue weighted by Crippen LogP contribution is -2.33. The Labute approximate surface area is 180 Å². The van der Waals surface area contributed by atoms with E-state index in [4.69, 9.17) is 4.74 Å². The molecule has 172 valence electrons. The van der Waals surface area contributed by atoms with Gasteiger partial charge in [-0.1, -0.05) is 90.7 Å². The molecular weight excluding hydrogens is 364 g/mol. The summed E-state index contributed by atoms with van der Waals surface area (Å²) in [5.74, 6) is -0.463. The van der Waals surface area contributed by atoms with Crippen LogP contribution in [0.5, 0.6) is 0 Å². The number of ether oxygens (including phenoxy) is 1. The van der Waals surface area contributed by atoms with E-state index in [1.54, 1.807) is 0 Å². The van der Waals surface area contributed by atoms with E-state index in [2.05, 4.69) is 19.1 Å². The first-order chi connectivity index (χ1) is 13.9. The van der Waals surface area contributed by atoms with E-state index < -0.39 is 18.4 Å². The molecular formula is C25H48O4. The average Bonchev–Trinajstić information content (AvgIpc) is 2.67. The van der Waals surface area contributed by atoms with Gasteiger partial charge < -0.3 is 14.9 Å². The Balaban J connectivity index is 3.70. The van der Waals surface area contributed by atoms with Crippen molar-refractivity contribution in [1.82, 2.24) is 0 Å². The SMILES string of the molecule is CCCCCCCCCC/C=C/CCCCCC(C(=O)OC(O)C(C)O)C(C)C. The second-order valence-electron chi connectivity index (χ2n) is 8.79. The van der Waals surface area contributed by atoms with Crippen molar-refractivity contribution in [2.75, 3.05) is 0 Å². The minimum atomic E-state index is -1.44. The van der Waals surface area contributed by atoms with E-state index in [0.29, 0.717) is 0 Å². The fourth-order valence-electron chi connectivity index (χ4n) is 3.46. The van der Waals surface area contributed by atoms with Crippen LogP contribution in [0.4, 0.5) is 0 Å². The van der Waals surface area contributed by atoms with Crippen molar-refractivity contribution in [2.24, 2.45) is 11.8 Å². The maximum absolute atomic E-state index is 12.2. The highest BCUT2D eigenvalue weighted by Crippen LogP contribution is 2.21. The predicted octanol–water partition coefficient (Wildman–Crippen LogP) is 6.54. The first-order valence-corrected chi connectivity index (χ1v) is 12.1. The first-order valence-electron chi connectivity index (χ1n) is 12.1. The molecule has 0 aromatic carbocycles. The van der Waals surface area contributed by atoms with E-state index in [1.807, 2.05) is 13.8 Å². The van der Waals surface area contributed by atoms with Gasteiger partial charge in [-0.25, -0.2) is 0 Å². The third kappa shape index (κ3) is 16.6. The van der Waals surface area contributed by atoms with Crippen LogP contribution < -0.4 is 0 Å². The molecule has 0 heterocycles. The lowest BCUT2D eigenvalue weighted by molar-refractivity contribution is -0.190. The van der Waals surface area contributed by atoms with Crippen LogP contribution in [0.3, 0.4) is 0 Å². The van der Waals surface area contributed by atoms with Gasteiger partial charge in [-0.05, 0) is 44.9 Å². The Bertz CT molecular complexity index is 404. The lowest BCUT2D eigenvalue weighted by Gasteiger charge is -2.22. The van der Waals surface area contributed by atoms with Gasteiger partial charge in [0.05, 0.1) is 5.92 Å². The van der Waals surface area contributed by atoms with E-state index in [9.17, 15) is 15.0 Å². The van der Waals surface area contributed by atoms with Crippen LogP contribution in [0.2, 0.25) is 0 Å². The lowest BCUT2D eigenvalue weighted by atomic mass is 9.90. The Morgan fingerprint density at radius 3 is 1.76 bits per heavy atom. The number of aliphatic hydroxyl groups excluding tert-OH is 2. The van der Waals surface area contributed by atoms with Crippen LogP contribution in [0.15, 0.2) is 12.2 Å². The number of carbonyl (C=O) groups is 1. The smallest absolute Gasteiger partial charge is 0.311 e. The minimum absolute atomic E-state index is 0.162. The Morgan fingerprint density at radius 1 is 0.793 bits per heavy atom. The zero-order chi connectivity index (χ0) is 21.9. The Hall–Kier alpha value is -0.870. The highest BCUT2D eigenvalue weighted by atomic mass is 16.6. The standard InChI is InChI=1S/C25H48O4/c1-5-6-7-8-9-10-11-12-13-14-15-16-17-18-19-20-23(21(2)3)25(28)29-24(27)22(4)26/h14-15,21-24,26-27H,5-13,16-20H2,1-4H3/b15-14+. The fraction of sp³-hybridized carbons (Fsp3) is 0.880. The maximum atomic E-state index is 12.2. The molecule has 0 aromatic heterocycles. The summed E-state index contributed by atoms with van der Waals surface area (Å²) in [5.41, 5.74) is 0. The zero-order valence-electron chi connectivity index (χ0n) is 19.6. The van der Waals surface area contributed by atoms with Crippen molar-refractivity contribution < 1.29 is 19.7 Å². The van der Waals surface area contributed by atoms with Gasteiger partial charge in [0.15, 0.2) is 0 Å². The van der Waals surface area contributed by atoms with Crippen molar-refractivity contribution in [3.8, 4) is 0 Å². The third-order valence-electron chi connectivity index (χ3n) is 5.53. The molecule has 0 bridgehead atoms. The van der Waals surface area contributed by atoms with Gasteiger partial charge in [0, 0.05) is 0 Å². The quantitative estimate of drug-likeness (QED) is 0.109.